The molecule has 3 rings (SSSR count). The zero-order valence-corrected chi connectivity index (χ0v) is 19.2. The number of nitrogens with zero attached hydrogens (tertiary/aromatic N) is 1. The third-order valence-electron chi connectivity index (χ3n) is 5.81. The Balaban J connectivity index is 1.87. The van der Waals surface area contributed by atoms with E-state index in [2.05, 4.69) is 5.32 Å². The molecule has 4 nitrogen and oxygen atoms in total. The lowest BCUT2D eigenvalue weighted by molar-refractivity contribution is -0.141. The van der Waals surface area contributed by atoms with E-state index in [4.69, 9.17) is 23.2 Å². The minimum atomic E-state index is -0.710. The van der Waals surface area contributed by atoms with Crippen molar-refractivity contribution in [1.29, 1.82) is 0 Å². The van der Waals surface area contributed by atoms with Gasteiger partial charge >= 0.3 is 0 Å². The molecule has 0 bridgehead atoms. The number of nitrogens with one attached hydrogen (secondary N) is 1. The van der Waals surface area contributed by atoms with Crippen LogP contribution in [0.5, 0.6) is 0 Å². The topological polar surface area (TPSA) is 49.4 Å². The highest BCUT2D eigenvalue weighted by atomic mass is 35.5. The van der Waals surface area contributed by atoms with Crippen molar-refractivity contribution in [2.45, 2.75) is 57.0 Å². The number of benzene rings is 2. The molecule has 6 heteroatoms. The number of hydrogen-bond acceptors (Lipinski definition) is 2. The zero-order chi connectivity index (χ0) is 22.1. The quantitative estimate of drug-likeness (QED) is 0.500. The van der Waals surface area contributed by atoms with Crippen molar-refractivity contribution in [2.75, 3.05) is 12.4 Å². The van der Waals surface area contributed by atoms with E-state index >= 15 is 0 Å². The fourth-order valence-electron chi connectivity index (χ4n) is 4.16. The van der Waals surface area contributed by atoms with Gasteiger partial charge in [0.05, 0.1) is 0 Å². The second-order valence-electron chi connectivity index (χ2n) is 8.06. The number of hydrogen-bond donors (Lipinski definition) is 1. The SMILES string of the molecule is O=C(NC1CCCCC1)[C@H](c1ccc(Cl)cc1)N(CCc1ccccc1)C(=O)CCCl. The van der Waals surface area contributed by atoms with Crippen molar-refractivity contribution in [3.05, 3.63) is 70.7 Å². The summed E-state index contributed by atoms with van der Waals surface area (Å²) in [5.41, 5.74) is 1.88. The molecule has 0 saturated heterocycles. The molecule has 1 atom stereocenters. The average molecular weight is 461 g/mol. The van der Waals surface area contributed by atoms with Crippen molar-refractivity contribution in [2.24, 2.45) is 0 Å². The van der Waals surface area contributed by atoms with Gasteiger partial charge in [0.2, 0.25) is 11.8 Å². The predicted molar refractivity (Wildman–Crippen MR) is 126 cm³/mol. The van der Waals surface area contributed by atoms with Gasteiger partial charge in [0.25, 0.3) is 0 Å². The average Bonchev–Trinajstić information content (AvgIpc) is 2.79. The molecule has 0 heterocycles. The van der Waals surface area contributed by atoms with Gasteiger partial charge in [-0.1, -0.05) is 73.3 Å². The van der Waals surface area contributed by atoms with Gasteiger partial charge in [0, 0.05) is 29.9 Å². The van der Waals surface area contributed by atoms with E-state index < -0.39 is 6.04 Å². The Labute approximate surface area is 194 Å². The van der Waals surface area contributed by atoms with E-state index in [9.17, 15) is 9.59 Å². The molecule has 1 aliphatic carbocycles. The molecule has 0 radical (unpaired) electrons. The first-order valence-corrected chi connectivity index (χ1v) is 11.9. The lowest BCUT2D eigenvalue weighted by Crippen LogP contribution is -2.47. The van der Waals surface area contributed by atoms with Crippen LogP contribution in [0.1, 0.15) is 55.7 Å². The Morgan fingerprint density at radius 2 is 1.68 bits per heavy atom. The van der Waals surface area contributed by atoms with Crippen LogP contribution in [0.15, 0.2) is 54.6 Å². The highest BCUT2D eigenvalue weighted by Gasteiger charge is 2.32. The van der Waals surface area contributed by atoms with E-state index in [0.717, 1.165) is 36.8 Å². The zero-order valence-electron chi connectivity index (χ0n) is 17.7. The summed E-state index contributed by atoms with van der Waals surface area (Å²) >= 11 is 12.0. The summed E-state index contributed by atoms with van der Waals surface area (Å²) in [6.45, 7) is 0.436. The molecule has 0 unspecified atom stereocenters. The largest absolute Gasteiger partial charge is 0.351 e. The van der Waals surface area contributed by atoms with Crippen LogP contribution in [0, 0.1) is 0 Å². The Kier molecular flexibility index (Phi) is 9.23. The second kappa shape index (κ2) is 12.1. The maximum absolute atomic E-state index is 13.5. The third kappa shape index (κ3) is 6.98. The van der Waals surface area contributed by atoms with Crippen molar-refractivity contribution in [1.82, 2.24) is 10.2 Å². The third-order valence-corrected chi connectivity index (χ3v) is 6.25. The maximum atomic E-state index is 13.5. The van der Waals surface area contributed by atoms with Gasteiger partial charge in [-0.25, -0.2) is 0 Å². The number of rotatable bonds is 9. The first-order chi connectivity index (χ1) is 15.1. The van der Waals surface area contributed by atoms with E-state index in [1.807, 2.05) is 42.5 Å². The number of alkyl halides is 1. The molecule has 1 saturated carbocycles. The fourth-order valence-corrected chi connectivity index (χ4v) is 4.45. The number of halogens is 2. The maximum Gasteiger partial charge on any atom is 0.247 e. The van der Waals surface area contributed by atoms with E-state index in [1.54, 1.807) is 17.0 Å². The van der Waals surface area contributed by atoms with Crippen LogP contribution < -0.4 is 5.32 Å². The van der Waals surface area contributed by atoms with Crippen molar-refractivity contribution >= 4 is 35.0 Å². The van der Waals surface area contributed by atoms with Gasteiger partial charge in [-0.2, -0.15) is 0 Å². The monoisotopic (exact) mass is 460 g/mol. The minimum absolute atomic E-state index is 0.121. The molecule has 0 spiro atoms. The van der Waals surface area contributed by atoms with Crippen LogP contribution in [0.4, 0.5) is 0 Å². The van der Waals surface area contributed by atoms with Gasteiger partial charge in [-0.15, -0.1) is 11.6 Å². The molecule has 2 aromatic carbocycles. The van der Waals surface area contributed by atoms with Crippen molar-refractivity contribution in [3.63, 3.8) is 0 Å². The molecule has 2 aromatic rings. The first kappa shape index (κ1) is 23.6. The smallest absolute Gasteiger partial charge is 0.247 e. The summed E-state index contributed by atoms with van der Waals surface area (Å²) in [6, 6.07) is 16.6. The second-order valence-corrected chi connectivity index (χ2v) is 8.87. The summed E-state index contributed by atoms with van der Waals surface area (Å²) in [6.07, 6.45) is 6.29. The van der Waals surface area contributed by atoms with E-state index in [1.165, 1.54) is 6.42 Å². The van der Waals surface area contributed by atoms with E-state index in [-0.39, 0.29) is 30.2 Å². The molecule has 1 N–H and O–H groups in total. The number of carbonyl (C=O) groups is 2. The van der Waals surface area contributed by atoms with Gasteiger partial charge in [0.15, 0.2) is 0 Å². The number of carbonyl (C=O) groups excluding carboxylic acids is 2. The molecular weight excluding hydrogens is 431 g/mol. The number of amides is 2. The lowest BCUT2D eigenvalue weighted by atomic mass is 9.94. The summed E-state index contributed by atoms with van der Waals surface area (Å²) in [7, 11) is 0. The molecular formula is C25H30Cl2N2O2. The Morgan fingerprint density at radius 1 is 1.00 bits per heavy atom. The Bertz CT molecular complexity index is 836. The van der Waals surface area contributed by atoms with Gasteiger partial charge < -0.3 is 10.2 Å². The summed E-state index contributed by atoms with van der Waals surface area (Å²) in [4.78, 5) is 28.2. The molecule has 31 heavy (non-hydrogen) atoms. The van der Waals surface area contributed by atoms with Crippen LogP contribution in [-0.4, -0.2) is 35.2 Å². The summed E-state index contributed by atoms with van der Waals surface area (Å²) < 4.78 is 0. The molecule has 166 valence electrons. The fraction of sp³-hybridized carbons (Fsp3) is 0.440. The molecule has 2 amide bonds. The Hall–Kier alpha value is -2.04. The van der Waals surface area contributed by atoms with Gasteiger partial charge in [-0.05, 0) is 42.5 Å². The summed E-state index contributed by atoms with van der Waals surface area (Å²) in [5.74, 6) is -0.0343. The van der Waals surface area contributed by atoms with Crippen molar-refractivity contribution < 1.29 is 9.59 Å². The van der Waals surface area contributed by atoms with Crippen LogP contribution in [0.25, 0.3) is 0 Å². The highest BCUT2D eigenvalue weighted by Crippen LogP contribution is 2.26. The van der Waals surface area contributed by atoms with Crippen LogP contribution in [0.3, 0.4) is 0 Å². The Morgan fingerprint density at radius 3 is 2.32 bits per heavy atom. The molecule has 1 aliphatic rings. The predicted octanol–water partition coefficient (Wildman–Crippen LogP) is 5.53. The molecule has 0 aromatic heterocycles. The van der Waals surface area contributed by atoms with Crippen molar-refractivity contribution in [3.8, 4) is 0 Å². The minimum Gasteiger partial charge on any atom is -0.351 e. The van der Waals surface area contributed by atoms with E-state index in [0.29, 0.717) is 18.0 Å². The van der Waals surface area contributed by atoms with Gasteiger partial charge in [0.1, 0.15) is 6.04 Å². The highest BCUT2D eigenvalue weighted by molar-refractivity contribution is 6.30. The first-order valence-electron chi connectivity index (χ1n) is 11.0. The molecule has 1 fully saturated rings. The summed E-state index contributed by atoms with van der Waals surface area (Å²) in [5, 5.41) is 3.80. The van der Waals surface area contributed by atoms with Crippen LogP contribution >= 0.6 is 23.2 Å². The van der Waals surface area contributed by atoms with Crippen LogP contribution in [0.2, 0.25) is 5.02 Å². The van der Waals surface area contributed by atoms with Crippen LogP contribution in [-0.2, 0) is 16.0 Å². The lowest BCUT2D eigenvalue weighted by Gasteiger charge is -2.33. The molecule has 0 aliphatic heterocycles. The standard InChI is InChI=1S/C25H30Cl2N2O2/c26-17-15-23(30)29(18-16-19-7-3-1-4-8-19)24(20-11-13-21(27)14-12-20)25(31)28-22-9-5-2-6-10-22/h1,3-4,7-8,11-14,22,24H,2,5-6,9-10,15-18H2,(H,28,31)/t24-/m0/s1. The van der Waals surface area contributed by atoms with Gasteiger partial charge in [-0.3, -0.25) is 9.59 Å². The normalized spacial score (nSPS) is 15.3.